The number of amides is 3. The van der Waals surface area contributed by atoms with Gasteiger partial charge in [0, 0.05) is 24.7 Å². The van der Waals surface area contributed by atoms with Gasteiger partial charge in [0.1, 0.15) is 10.6 Å². The van der Waals surface area contributed by atoms with Gasteiger partial charge in [0.15, 0.2) is 0 Å². The number of urea groups is 1. The van der Waals surface area contributed by atoms with Crippen LogP contribution >= 0.6 is 11.5 Å². The van der Waals surface area contributed by atoms with E-state index in [2.05, 4.69) is 15.0 Å². The summed E-state index contributed by atoms with van der Waals surface area (Å²) >= 11 is 0.956. The van der Waals surface area contributed by atoms with E-state index in [9.17, 15) is 14.4 Å². The maximum Gasteiger partial charge on any atom is 0.319 e. The molecule has 1 aromatic carbocycles. The van der Waals surface area contributed by atoms with Gasteiger partial charge in [-0.1, -0.05) is 12.1 Å². The first-order chi connectivity index (χ1) is 12.4. The van der Waals surface area contributed by atoms with E-state index in [0.29, 0.717) is 29.9 Å². The Balaban J connectivity index is 2.03. The van der Waals surface area contributed by atoms with Crippen LogP contribution in [-0.4, -0.2) is 35.4 Å². The second-order valence-electron chi connectivity index (χ2n) is 5.30. The van der Waals surface area contributed by atoms with Gasteiger partial charge in [0.25, 0.3) is 5.91 Å². The molecule has 0 fully saturated rings. The number of hydrogen-bond acceptors (Lipinski definition) is 7. The molecule has 0 saturated carbocycles. The van der Waals surface area contributed by atoms with Crippen molar-refractivity contribution < 1.29 is 19.1 Å². The SMILES string of the molecule is CC(=O)OCCCNC(=O)Nc1snc(-c2ccc(N)cc2)c1C(N)=O. The molecule has 0 aliphatic heterocycles. The maximum atomic E-state index is 12.0. The van der Waals surface area contributed by atoms with Crippen molar-refractivity contribution in [3.63, 3.8) is 0 Å². The largest absolute Gasteiger partial charge is 0.466 e. The Labute approximate surface area is 153 Å². The molecule has 0 atom stereocenters. The zero-order valence-electron chi connectivity index (χ0n) is 14.1. The fraction of sp³-hybridized carbons (Fsp3) is 0.250. The number of hydrogen-bond donors (Lipinski definition) is 4. The third-order valence-electron chi connectivity index (χ3n) is 3.26. The predicted molar refractivity (Wildman–Crippen MR) is 98.8 cm³/mol. The number of ether oxygens (including phenoxy) is 1. The molecule has 0 spiro atoms. The zero-order chi connectivity index (χ0) is 19.1. The molecular weight excluding hydrogens is 358 g/mol. The fourth-order valence-electron chi connectivity index (χ4n) is 2.08. The van der Waals surface area contributed by atoms with Crippen molar-refractivity contribution in [3.05, 3.63) is 29.8 Å². The van der Waals surface area contributed by atoms with Crippen LogP contribution in [0, 0.1) is 0 Å². The van der Waals surface area contributed by atoms with E-state index in [4.69, 9.17) is 16.2 Å². The molecule has 10 heteroatoms. The zero-order valence-corrected chi connectivity index (χ0v) is 14.9. The number of nitrogens with zero attached hydrogens (tertiary/aromatic N) is 1. The van der Waals surface area contributed by atoms with E-state index in [1.54, 1.807) is 24.3 Å². The topological polar surface area (TPSA) is 149 Å². The summed E-state index contributed by atoms with van der Waals surface area (Å²) in [7, 11) is 0. The van der Waals surface area contributed by atoms with Crippen LogP contribution in [0.2, 0.25) is 0 Å². The summed E-state index contributed by atoms with van der Waals surface area (Å²) in [6.45, 7) is 1.83. The van der Waals surface area contributed by atoms with Crippen LogP contribution in [0.4, 0.5) is 15.5 Å². The monoisotopic (exact) mass is 377 g/mol. The number of carbonyl (C=O) groups excluding carboxylic acids is 3. The van der Waals surface area contributed by atoms with Crippen molar-refractivity contribution in [1.29, 1.82) is 0 Å². The van der Waals surface area contributed by atoms with Crippen LogP contribution in [0.1, 0.15) is 23.7 Å². The first kappa shape index (κ1) is 19.2. The summed E-state index contributed by atoms with van der Waals surface area (Å²) in [5.74, 6) is -1.07. The van der Waals surface area contributed by atoms with E-state index >= 15 is 0 Å². The standard InChI is InChI=1S/C16H19N5O4S/c1-9(22)25-8-2-7-19-16(24)20-15-12(14(18)23)13(21-26-15)10-3-5-11(17)6-4-10/h3-6H,2,7-8,17H2,1H3,(H2,18,23)(H2,19,20,24). The van der Waals surface area contributed by atoms with Crippen molar-refractivity contribution in [2.24, 2.45) is 5.73 Å². The smallest absolute Gasteiger partial charge is 0.319 e. The molecule has 0 aliphatic carbocycles. The summed E-state index contributed by atoms with van der Waals surface area (Å²) in [5.41, 5.74) is 12.9. The molecule has 0 bridgehead atoms. The number of nitrogens with two attached hydrogens (primary N) is 2. The van der Waals surface area contributed by atoms with Crippen molar-refractivity contribution in [2.45, 2.75) is 13.3 Å². The third-order valence-corrected chi connectivity index (χ3v) is 4.02. The molecular formula is C16H19N5O4S. The number of esters is 1. The normalized spacial score (nSPS) is 10.2. The highest BCUT2D eigenvalue weighted by Gasteiger charge is 2.21. The molecule has 138 valence electrons. The van der Waals surface area contributed by atoms with Gasteiger partial charge < -0.3 is 21.5 Å². The molecule has 2 aromatic rings. The van der Waals surface area contributed by atoms with Gasteiger partial charge >= 0.3 is 12.0 Å². The average molecular weight is 377 g/mol. The number of carbonyl (C=O) groups is 3. The summed E-state index contributed by atoms with van der Waals surface area (Å²) in [4.78, 5) is 34.4. The molecule has 0 unspecified atom stereocenters. The van der Waals surface area contributed by atoms with Crippen molar-refractivity contribution in [3.8, 4) is 11.3 Å². The van der Waals surface area contributed by atoms with Gasteiger partial charge in [-0.3, -0.25) is 14.9 Å². The lowest BCUT2D eigenvalue weighted by Crippen LogP contribution is -2.30. The Hall–Kier alpha value is -3.14. The Morgan fingerprint density at radius 3 is 2.54 bits per heavy atom. The number of rotatable bonds is 7. The fourth-order valence-corrected chi connectivity index (χ4v) is 2.89. The van der Waals surface area contributed by atoms with Crippen LogP contribution in [0.3, 0.4) is 0 Å². The Kier molecular flexibility index (Phi) is 6.50. The van der Waals surface area contributed by atoms with Crippen LogP contribution in [0.15, 0.2) is 24.3 Å². The van der Waals surface area contributed by atoms with Crippen LogP contribution in [0.25, 0.3) is 11.3 Å². The highest BCUT2D eigenvalue weighted by Crippen LogP contribution is 2.32. The van der Waals surface area contributed by atoms with Gasteiger partial charge in [0.2, 0.25) is 0 Å². The molecule has 1 heterocycles. The minimum absolute atomic E-state index is 0.134. The molecule has 1 aromatic heterocycles. The minimum atomic E-state index is -0.698. The summed E-state index contributed by atoms with van der Waals surface area (Å²) in [6.07, 6.45) is 0.467. The van der Waals surface area contributed by atoms with Gasteiger partial charge in [-0.2, -0.15) is 4.37 Å². The van der Waals surface area contributed by atoms with Gasteiger partial charge in [0.05, 0.1) is 12.3 Å². The van der Waals surface area contributed by atoms with Gasteiger partial charge in [-0.25, -0.2) is 4.79 Å². The Bertz CT molecular complexity index is 803. The third kappa shape index (κ3) is 5.18. The maximum absolute atomic E-state index is 12.0. The number of anilines is 2. The molecule has 0 radical (unpaired) electrons. The number of primary amides is 1. The summed E-state index contributed by atoms with van der Waals surface area (Å²) in [5, 5.41) is 5.41. The van der Waals surface area contributed by atoms with Crippen molar-refractivity contribution >= 4 is 40.1 Å². The highest BCUT2D eigenvalue weighted by atomic mass is 32.1. The van der Waals surface area contributed by atoms with E-state index in [-0.39, 0.29) is 23.1 Å². The molecule has 3 amide bonds. The lowest BCUT2D eigenvalue weighted by molar-refractivity contribution is -0.140. The van der Waals surface area contributed by atoms with Crippen LogP contribution in [-0.2, 0) is 9.53 Å². The van der Waals surface area contributed by atoms with Gasteiger partial charge in [-0.15, -0.1) is 0 Å². The van der Waals surface area contributed by atoms with Crippen molar-refractivity contribution in [2.75, 3.05) is 24.2 Å². The molecule has 2 rings (SSSR count). The molecule has 26 heavy (non-hydrogen) atoms. The van der Waals surface area contributed by atoms with Gasteiger partial charge in [-0.05, 0) is 30.1 Å². The van der Waals surface area contributed by atoms with E-state index in [1.807, 2.05) is 0 Å². The lowest BCUT2D eigenvalue weighted by Gasteiger charge is -2.07. The van der Waals surface area contributed by atoms with E-state index < -0.39 is 11.9 Å². The molecule has 0 saturated heterocycles. The van der Waals surface area contributed by atoms with E-state index in [0.717, 1.165) is 11.5 Å². The number of nitrogens with one attached hydrogen (secondary N) is 2. The Morgan fingerprint density at radius 1 is 1.23 bits per heavy atom. The van der Waals surface area contributed by atoms with Crippen LogP contribution in [0.5, 0.6) is 0 Å². The van der Waals surface area contributed by atoms with E-state index in [1.165, 1.54) is 6.92 Å². The highest BCUT2D eigenvalue weighted by molar-refractivity contribution is 7.11. The summed E-state index contributed by atoms with van der Waals surface area (Å²) < 4.78 is 8.98. The Morgan fingerprint density at radius 2 is 1.92 bits per heavy atom. The molecule has 0 aliphatic rings. The molecule has 9 nitrogen and oxygen atoms in total. The first-order valence-electron chi connectivity index (χ1n) is 7.72. The lowest BCUT2D eigenvalue weighted by atomic mass is 10.1. The summed E-state index contributed by atoms with van der Waals surface area (Å²) in [6, 6.07) is 6.29. The second kappa shape index (κ2) is 8.81. The predicted octanol–water partition coefficient (Wildman–Crippen LogP) is 1.57. The number of aromatic nitrogens is 1. The van der Waals surface area contributed by atoms with Crippen molar-refractivity contribution in [1.82, 2.24) is 9.69 Å². The second-order valence-corrected chi connectivity index (χ2v) is 6.07. The molecule has 6 N–H and O–H groups in total. The number of benzene rings is 1. The minimum Gasteiger partial charge on any atom is -0.466 e. The number of nitrogen functional groups attached to an aromatic ring is 1. The average Bonchev–Trinajstić information content (AvgIpc) is 2.98. The van der Waals surface area contributed by atoms with Crippen LogP contribution < -0.4 is 22.1 Å². The first-order valence-corrected chi connectivity index (χ1v) is 8.49. The quantitative estimate of drug-likeness (QED) is 0.327.